The third kappa shape index (κ3) is 4.81. The Bertz CT molecular complexity index is 714. The molecule has 2 aliphatic carbocycles. The molecule has 6 rings (SSSR count). The van der Waals surface area contributed by atoms with Crippen LogP contribution in [-0.4, -0.2) is 98.7 Å². The largest absolute Gasteiger partial charge is 0.395 e. The van der Waals surface area contributed by atoms with Gasteiger partial charge in [-0.25, -0.2) is 0 Å². The molecule has 6 heteroatoms. The van der Waals surface area contributed by atoms with Crippen molar-refractivity contribution in [1.29, 1.82) is 0 Å². The molecule has 0 amide bonds. The Morgan fingerprint density at radius 2 is 1.78 bits per heavy atom. The first-order chi connectivity index (χ1) is 17.6. The van der Waals surface area contributed by atoms with Crippen molar-refractivity contribution in [1.82, 2.24) is 20.4 Å². The number of ether oxygens (including phenoxy) is 1. The zero-order chi connectivity index (χ0) is 24.7. The summed E-state index contributed by atoms with van der Waals surface area (Å²) >= 11 is 0. The zero-order valence-electron chi connectivity index (χ0n) is 23.2. The second-order valence-electron chi connectivity index (χ2n) is 13.8. The third-order valence-electron chi connectivity index (χ3n) is 12.2. The number of methoxy groups -OCH3 is 1. The number of fused-ring (bicyclic) bond motifs is 4. The Labute approximate surface area is 220 Å². The van der Waals surface area contributed by atoms with Gasteiger partial charge in [0.25, 0.3) is 0 Å². The maximum atomic E-state index is 10.3. The number of nitrogens with one attached hydrogen (secondary N) is 2. The van der Waals surface area contributed by atoms with E-state index in [-0.39, 0.29) is 12.6 Å². The van der Waals surface area contributed by atoms with Crippen LogP contribution in [-0.2, 0) is 4.74 Å². The van der Waals surface area contributed by atoms with Crippen LogP contribution >= 0.6 is 0 Å². The zero-order valence-corrected chi connectivity index (χ0v) is 23.2. The topological polar surface area (TPSA) is 60.0 Å². The van der Waals surface area contributed by atoms with E-state index in [0.29, 0.717) is 23.6 Å². The average molecular weight is 503 g/mol. The van der Waals surface area contributed by atoms with E-state index >= 15 is 0 Å². The molecule has 3 N–H and O–H groups in total. The molecule has 36 heavy (non-hydrogen) atoms. The van der Waals surface area contributed by atoms with Gasteiger partial charge in [-0.1, -0.05) is 6.42 Å². The van der Waals surface area contributed by atoms with Gasteiger partial charge in [0.1, 0.15) is 0 Å². The summed E-state index contributed by atoms with van der Waals surface area (Å²) in [6.07, 6.45) is 16.8. The fourth-order valence-corrected chi connectivity index (χ4v) is 10.2. The van der Waals surface area contributed by atoms with Gasteiger partial charge < -0.3 is 25.4 Å². The first kappa shape index (κ1) is 26.0. The Kier molecular flexibility index (Phi) is 8.01. The summed E-state index contributed by atoms with van der Waals surface area (Å²) in [6.45, 7) is 6.52. The Morgan fingerprint density at radius 1 is 0.972 bits per heavy atom. The van der Waals surface area contributed by atoms with E-state index in [1.165, 1.54) is 103 Å². The highest BCUT2D eigenvalue weighted by Crippen LogP contribution is 2.56. The summed E-state index contributed by atoms with van der Waals surface area (Å²) in [4.78, 5) is 5.50. The average Bonchev–Trinajstić information content (AvgIpc) is 3.24. The molecule has 6 aliphatic rings. The van der Waals surface area contributed by atoms with Crippen LogP contribution in [0.1, 0.15) is 77.0 Å². The fraction of sp³-hybridized carbons (Fsp3) is 1.00. The highest BCUT2D eigenvalue weighted by molar-refractivity contribution is 5.15. The van der Waals surface area contributed by atoms with Crippen molar-refractivity contribution in [2.75, 3.05) is 53.5 Å². The van der Waals surface area contributed by atoms with E-state index in [2.05, 4.69) is 27.5 Å². The summed E-state index contributed by atoms with van der Waals surface area (Å²) in [5.74, 6) is 3.36. The van der Waals surface area contributed by atoms with E-state index in [9.17, 15) is 5.11 Å². The molecule has 0 aromatic rings. The van der Waals surface area contributed by atoms with Gasteiger partial charge in [0.05, 0.1) is 12.7 Å². The molecule has 4 aliphatic heterocycles. The van der Waals surface area contributed by atoms with E-state index in [4.69, 9.17) is 4.74 Å². The number of rotatable bonds is 5. The molecule has 4 heterocycles. The van der Waals surface area contributed by atoms with Crippen LogP contribution in [0.2, 0.25) is 0 Å². The van der Waals surface area contributed by atoms with Gasteiger partial charge in [0.2, 0.25) is 0 Å². The molecule has 0 aromatic heterocycles. The lowest BCUT2D eigenvalue weighted by molar-refractivity contribution is -0.0386. The van der Waals surface area contributed by atoms with Gasteiger partial charge in [-0.05, 0) is 126 Å². The molecule has 0 radical (unpaired) electrons. The van der Waals surface area contributed by atoms with Crippen LogP contribution < -0.4 is 10.6 Å². The maximum Gasteiger partial charge on any atom is 0.0600 e. The number of likely N-dealkylation sites (tertiary alicyclic amines) is 2. The fourth-order valence-electron chi connectivity index (χ4n) is 10.2. The Hall–Kier alpha value is -0.240. The minimum Gasteiger partial charge on any atom is -0.395 e. The van der Waals surface area contributed by atoms with Crippen molar-refractivity contribution in [3.63, 3.8) is 0 Å². The van der Waals surface area contributed by atoms with Gasteiger partial charge >= 0.3 is 0 Å². The summed E-state index contributed by atoms with van der Waals surface area (Å²) in [7, 11) is 4.24. The number of aliphatic hydroxyl groups is 1. The smallest absolute Gasteiger partial charge is 0.0600 e. The van der Waals surface area contributed by atoms with Crippen molar-refractivity contribution in [3.8, 4) is 0 Å². The maximum absolute atomic E-state index is 10.3. The van der Waals surface area contributed by atoms with Crippen LogP contribution in [0, 0.1) is 29.1 Å². The van der Waals surface area contributed by atoms with Crippen molar-refractivity contribution in [2.45, 2.75) is 107 Å². The lowest BCUT2D eigenvalue weighted by Crippen LogP contribution is -2.65. The lowest BCUT2D eigenvalue weighted by atomic mass is 9.57. The monoisotopic (exact) mass is 502 g/mol. The number of nitrogens with zero attached hydrogens (tertiary/aromatic N) is 2. The highest BCUT2D eigenvalue weighted by Gasteiger charge is 2.61. The highest BCUT2D eigenvalue weighted by atomic mass is 16.5. The van der Waals surface area contributed by atoms with Crippen molar-refractivity contribution in [2.24, 2.45) is 29.1 Å². The van der Waals surface area contributed by atoms with E-state index in [1.807, 2.05) is 7.11 Å². The van der Waals surface area contributed by atoms with Gasteiger partial charge in [-0.2, -0.15) is 0 Å². The van der Waals surface area contributed by atoms with E-state index in [0.717, 1.165) is 36.3 Å². The molecule has 6 fully saturated rings. The first-order valence-electron chi connectivity index (χ1n) is 15.7. The van der Waals surface area contributed by atoms with Crippen LogP contribution in [0.4, 0.5) is 0 Å². The SMILES string of the molecule is COC1CCC2C(C1)N(C)C1C2C2(CCN(CC3CCC(C4CCCCN4)CC3)CC2)CN[C@@H]1CO. The normalized spacial score (nSPS) is 45.9. The predicted molar refractivity (Wildman–Crippen MR) is 145 cm³/mol. The molecule has 7 atom stereocenters. The van der Waals surface area contributed by atoms with E-state index < -0.39 is 0 Å². The number of aliphatic hydroxyl groups excluding tert-OH is 1. The second-order valence-corrected chi connectivity index (χ2v) is 13.8. The van der Waals surface area contributed by atoms with Crippen molar-refractivity contribution in [3.05, 3.63) is 0 Å². The first-order valence-corrected chi connectivity index (χ1v) is 15.7. The number of piperidine rings is 3. The number of hydrogen-bond donors (Lipinski definition) is 3. The van der Waals surface area contributed by atoms with Crippen LogP contribution in [0.25, 0.3) is 0 Å². The molecule has 2 saturated carbocycles. The molecular formula is C30H54N4O2. The summed E-state index contributed by atoms with van der Waals surface area (Å²) in [6, 6.07) is 2.14. The summed E-state index contributed by atoms with van der Waals surface area (Å²) < 4.78 is 5.82. The number of likely N-dealkylation sites (N-methyl/N-ethyl adjacent to an activating group) is 1. The minimum absolute atomic E-state index is 0.226. The van der Waals surface area contributed by atoms with Crippen LogP contribution in [0.15, 0.2) is 0 Å². The molecule has 0 bridgehead atoms. The van der Waals surface area contributed by atoms with E-state index in [1.54, 1.807) is 0 Å². The minimum atomic E-state index is 0.226. The van der Waals surface area contributed by atoms with Crippen molar-refractivity contribution < 1.29 is 9.84 Å². The third-order valence-corrected chi connectivity index (χ3v) is 12.2. The molecule has 206 valence electrons. The lowest BCUT2D eigenvalue weighted by Gasteiger charge is -2.55. The molecule has 4 saturated heterocycles. The van der Waals surface area contributed by atoms with Gasteiger partial charge in [-0.15, -0.1) is 0 Å². The quantitative estimate of drug-likeness (QED) is 0.537. The molecule has 6 nitrogen and oxygen atoms in total. The van der Waals surface area contributed by atoms with Gasteiger partial charge in [-0.3, -0.25) is 4.90 Å². The van der Waals surface area contributed by atoms with Gasteiger partial charge in [0.15, 0.2) is 0 Å². The second kappa shape index (κ2) is 11.1. The Morgan fingerprint density at radius 3 is 2.47 bits per heavy atom. The van der Waals surface area contributed by atoms with Gasteiger partial charge in [0, 0.05) is 44.4 Å². The standard InChI is InChI=1S/C30H54N4O2/c1-33-27-17-23(36-2)10-11-24(27)28-29(33)26(19-35)32-20-30(28)12-15-34(16-13-30)18-21-6-8-22(9-7-21)25-5-3-4-14-31-25/h21-29,31-32,35H,3-20H2,1-2H3/t21?,22?,23?,24?,25?,26-,27?,28?,29?/m1/s1. The molecular weight excluding hydrogens is 448 g/mol. The summed E-state index contributed by atoms with van der Waals surface area (Å²) in [5.41, 5.74) is 0.407. The van der Waals surface area contributed by atoms with Crippen LogP contribution in [0.3, 0.4) is 0 Å². The predicted octanol–water partition coefficient (Wildman–Crippen LogP) is 3.10. The molecule has 0 aromatic carbocycles. The number of hydrogen-bond acceptors (Lipinski definition) is 6. The Balaban J connectivity index is 1.06. The molecule has 1 spiro atoms. The van der Waals surface area contributed by atoms with Crippen LogP contribution in [0.5, 0.6) is 0 Å². The van der Waals surface area contributed by atoms with Crippen molar-refractivity contribution >= 4 is 0 Å². The summed E-state index contributed by atoms with van der Waals surface area (Å²) in [5, 5.41) is 18.0. The molecule has 6 unspecified atom stereocenters.